The second kappa shape index (κ2) is 9.63. The summed E-state index contributed by atoms with van der Waals surface area (Å²) in [5, 5.41) is 19.0. The first-order chi connectivity index (χ1) is 12.9. The first-order valence-corrected chi connectivity index (χ1v) is 8.62. The number of non-ortho nitro benzene ring substituents is 1. The van der Waals surface area contributed by atoms with Crippen molar-refractivity contribution in [1.82, 2.24) is 0 Å². The molecule has 0 radical (unpaired) electrons. The lowest BCUT2D eigenvalue weighted by molar-refractivity contribution is -0.384. The van der Waals surface area contributed by atoms with Crippen molar-refractivity contribution in [3.8, 4) is 0 Å². The molecule has 27 heavy (non-hydrogen) atoms. The highest BCUT2D eigenvalue weighted by atomic mass is 35.5. The molecule has 0 unspecified atom stereocenters. The minimum absolute atomic E-state index is 0.100. The maximum Gasteiger partial charge on any atom is 0.302 e. The Labute approximate surface area is 161 Å². The standard InChI is InChI=1S/C18H19ClN4O4/c1-3-22(10-11-27-13(2)24)15-6-4-14(5-7-15)20-21-18-9-8-16(23(25)26)12-17(18)19/h4-9,12H,3,10-11H2,1-2H3/b21-20+. The van der Waals surface area contributed by atoms with Gasteiger partial charge in [-0.25, -0.2) is 0 Å². The quantitative estimate of drug-likeness (QED) is 0.272. The average molecular weight is 391 g/mol. The molecule has 0 atom stereocenters. The summed E-state index contributed by atoms with van der Waals surface area (Å²) in [6, 6.07) is 11.4. The van der Waals surface area contributed by atoms with Crippen LogP contribution in [0.4, 0.5) is 22.7 Å². The predicted octanol–water partition coefficient (Wildman–Crippen LogP) is 5.05. The molecule has 0 aliphatic heterocycles. The number of nitro groups is 1. The van der Waals surface area contributed by atoms with E-state index in [-0.39, 0.29) is 16.7 Å². The summed E-state index contributed by atoms with van der Waals surface area (Å²) >= 11 is 6.00. The van der Waals surface area contributed by atoms with Gasteiger partial charge in [-0.2, -0.15) is 5.11 Å². The molecule has 0 aliphatic carbocycles. The lowest BCUT2D eigenvalue weighted by atomic mass is 10.2. The molecule has 0 saturated carbocycles. The molecule has 2 aromatic rings. The highest BCUT2D eigenvalue weighted by molar-refractivity contribution is 6.33. The lowest BCUT2D eigenvalue weighted by Crippen LogP contribution is -2.27. The fourth-order valence-electron chi connectivity index (χ4n) is 2.30. The minimum Gasteiger partial charge on any atom is -0.464 e. The number of carbonyl (C=O) groups excluding carboxylic acids is 1. The van der Waals surface area contributed by atoms with Crippen LogP contribution < -0.4 is 4.90 Å². The number of ether oxygens (including phenoxy) is 1. The summed E-state index contributed by atoms with van der Waals surface area (Å²) < 4.78 is 4.97. The smallest absolute Gasteiger partial charge is 0.302 e. The van der Waals surface area contributed by atoms with Crippen LogP contribution in [-0.4, -0.2) is 30.6 Å². The van der Waals surface area contributed by atoms with E-state index in [9.17, 15) is 14.9 Å². The molecule has 0 N–H and O–H groups in total. The topological polar surface area (TPSA) is 97.4 Å². The Balaban J connectivity index is 2.05. The molecular weight excluding hydrogens is 372 g/mol. The molecule has 0 spiro atoms. The van der Waals surface area contributed by atoms with Crippen molar-refractivity contribution in [3.05, 3.63) is 57.6 Å². The van der Waals surface area contributed by atoms with Gasteiger partial charge in [0, 0.05) is 31.3 Å². The number of rotatable bonds is 8. The van der Waals surface area contributed by atoms with Crippen LogP contribution in [0.5, 0.6) is 0 Å². The van der Waals surface area contributed by atoms with Gasteiger partial charge in [0.1, 0.15) is 12.3 Å². The number of anilines is 1. The van der Waals surface area contributed by atoms with Crippen LogP contribution in [0.15, 0.2) is 52.7 Å². The number of benzene rings is 2. The van der Waals surface area contributed by atoms with Crippen LogP contribution in [0.1, 0.15) is 13.8 Å². The van der Waals surface area contributed by atoms with Gasteiger partial charge >= 0.3 is 5.97 Å². The zero-order chi connectivity index (χ0) is 19.8. The molecule has 0 saturated heterocycles. The minimum atomic E-state index is -0.521. The summed E-state index contributed by atoms with van der Waals surface area (Å²) in [5.41, 5.74) is 1.83. The number of carbonyl (C=O) groups is 1. The first-order valence-electron chi connectivity index (χ1n) is 8.24. The summed E-state index contributed by atoms with van der Waals surface area (Å²) in [6.45, 7) is 5.07. The first kappa shape index (κ1) is 20.3. The van der Waals surface area contributed by atoms with Crippen LogP contribution >= 0.6 is 11.6 Å². The molecular formula is C18H19ClN4O4. The van der Waals surface area contributed by atoms with Crippen molar-refractivity contribution < 1.29 is 14.5 Å². The molecule has 0 heterocycles. The van der Waals surface area contributed by atoms with Gasteiger partial charge in [0.05, 0.1) is 22.2 Å². The predicted molar refractivity (Wildman–Crippen MR) is 103 cm³/mol. The fourth-order valence-corrected chi connectivity index (χ4v) is 2.51. The van der Waals surface area contributed by atoms with Crippen LogP contribution in [0, 0.1) is 10.1 Å². The molecule has 0 bridgehead atoms. The van der Waals surface area contributed by atoms with Gasteiger partial charge in [0.15, 0.2) is 0 Å². The number of nitro benzene ring substituents is 1. The van der Waals surface area contributed by atoms with Crippen molar-refractivity contribution in [2.75, 3.05) is 24.6 Å². The molecule has 2 aromatic carbocycles. The molecule has 8 nitrogen and oxygen atoms in total. The Morgan fingerprint density at radius 2 is 1.93 bits per heavy atom. The van der Waals surface area contributed by atoms with E-state index >= 15 is 0 Å². The summed E-state index contributed by atoms with van der Waals surface area (Å²) in [5.74, 6) is -0.299. The van der Waals surface area contributed by atoms with Crippen LogP contribution in [-0.2, 0) is 9.53 Å². The fraction of sp³-hybridized carbons (Fsp3) is 0.278. The van der Waals surface area contributed by atoms with Crippen LogP contribution in [0.2, 0.25) is 5.02 Å². The van der Waals surface area contributed by atoms with E-state index in [2.05, 4.69) is 15.1 Å². The molecule has 0 fully saturated rings. The second-order valence-corrected chi connectivity index (χ2v) is 5.94. The van der Waals surface area contributed by atoms with Gasteiger partial charge in [-0.15, -0.1) is 5.11 Å². The highest BCUT2D eigenvalue weighted by Crippen LogP contribution is 2.30. The Kier molecular flexibility index (Phi) is 7.25. The largest absolute Gasteiger partial charge is 0.464 e. The van der Waals surface area contributed by atoms with Crippen molar-refractivity contribution in [1.29, 1.82) is 0 Å². The normalized spacial score (nSPS) is 10.8. The van der Waals surface area contributed by atoms with Gasteiger partial charge in [-0.3, -0.25) is 14.9 Å². The molecule has 0 aliphatic rings. The maximum absolute atomic E-state index is 10.9. The summed E-state index contributed by atoms with van der Waals surface area (Å²) in [4.78, 5) is 23.1. The van der Waals surface area contributed by atoms with E-state index in [1.165, 1.54) is 25.1 Å². The Morgan fingerprint density at radius 1 is 1.22 bits per heavy atom. The van der Waals surface area contributed by atoms with Gasteiger partial charge < -0.3 is 9.64 Å². The van der Waals surface area contributed by atoms with Crippen LogP contribution in [0.3, 0.4) is 0 Å². The van der Waals surface area contributed by atoms with E-state index in [4.69, 9.17) is 16.3 Å². The molecule has 0 aromatic heterocycles. The van der Waals surface area contributed by atoms with E-state index in [0.29, 0.717) is 24.5 Å². The van der Waals surface area contributed by atoms with Gasteiger partial charge in [-0.05, 0) is 37.3 Å². The third-order valence-electron chi connectivity index (χ3n) is 3.68. The molecule has 2 rings (SSSR count). The zero-order valence-electron chi connectivity index (χ0n) is 15.0. The number of hydrogen-bond donors (Lipinski definition) is 0. The Morgan fingerprint density at radius 3 is 2.48 bits per heavy atom. The maximum atomic E-state index is 10.9. The van der Waals surface area contributed by atoms with Crippen molar-refractivity contribution in [2.24, 2.45) is 10.2 Å². The monoisotopic (exact) mass is 390 g/mol. The Hall–Kier alpha value is -3.00. The van der Waals surface area contributed by atoms with Gasteiger partial charge in [0.25, 0.3) is 5.69 Å². The SMILES string of the molecule is CCN(CCOC(C)=O)c1ccc(/N=N/c2ccc([N+](=O)[O-])cc2Cl)cc1. The highest BCUT2D eigenvalue weighted by Gasteiger charge is 2.09. The number of azo groups is 1. The average Bonchev–Trinajstić information content (AvgIpc) is 2.64. The van der Waals surface area contributed by atoms with E-state index in [1.54, 1.807) is 12.1 Å². The van der Waals surface area contributed by atoms with E-state index in [0.717, 1.165) is 12.2 Å². The van der Waals surface area contributed by atoms with Gasteiger partial charge in [0.2, 0.25) is 0 Å². The number of likely N-dealkylation sites (N-methyl/N-ethyl adjacent to an activating group) is 1. The zero-order valence-corrected chi connectivity index (χ0v) is 15.7. The van der Waals surface area contributed by atoms with Crippen molar-refractivity contribution in [3.63, 3.8) is 0 Å². The third kappa shape index (κ3) is 6.03. The van der Waals surface area contributed by atoms with Crippen molar-refractivity contribution in [2.45, 2.75) is 13.8 Å². The summed E-state index contributed by atoms with van der Waals surface area (Å²) in [6.07, 6.45) is 0. The number of nitrogens with zero attached hydrogens (tertiary/aromatic N) is 4. The van der Waals surface area contributed by atoms with E-state index < -0.39 is 4.92 Å². The summed E-state index contributed by atoms with van der Waals surface area (Å²) in [7, 11) is 0. The molecule has 142 valence electrons. The molecule has 0 amide bonds. The number of hydrogen-bond acceptors (Lipinski definition) is 7. The third-order valence-corrected chi connectivity index (χ3v) is 3.98. The Bertz CT molecular complexity index is 840. The van der Waals surface area contributed by atoms with E-state index in [1.807, 2.05) is 19.1 Å². The van der Waals surface area contributed by atoms with Crippen molar-refractivity contribution >= 4 is 40.3 Å². The molecule has 9 heteroatoms. The second-order valence-electron chi connectivity index (χ2n) is 5.53. The lowest BCUT2D eigenvalue weighted by Gasteiger charge is -2.22. The van der Waals surface area contributed by atoms with Crippen LogP contribution in [0.25, 0.3) is 0 Å². The number of halogens is 1. The number of esters is 1. The van der Waals surface area contributed by atoms with Gasteiger partial charge in [-0.1, -0.05) is 11.6 Å².